The first-order valence-electron chi connectivity index (χ1n) is 10.5. The highest BCUT2D eigenvalue weighted by Crippen LogP contribution is 2.38. The van der Waals surface area contributed by atoms with Gasteiger partial charge in [0.15, 0.2) is 0 Å². The Morgan fingerprint density at radius 2 is 1.76 bits per heavy atom. The Bertz CT molecular complexity index is 768. The fourth-order valence-electron chi connectivity index (χ4n) is 4.80. The number of piperidine rings is 1. The number of imide groups is 1. The molecule has 7 heteroatoms. The zero-order valence-corrected chi connectivity index (χ0v) is 17.0. The van der Waals surface area contributed by atoms with Crippen LogP contribution in [0.4, 0.5) is 4.79 Å². The van der Waals surface area contributed by atoms with E-state index in [2.05, 4.69) is 0 Å². The molecule has 1 spiro atoms. The maximum atomic E-state index is 13.0. The third-order valence-electron chi connectivity index (χ3n) is 6.67. The Morgan fingerprint density at radius 3 is 2.41 bits per heavy atom. The van der Waals surface area contributed by atoms with Crippen molar-refractivity contribution < 1.29 is 19.1 Å². The van der Waals surface area contributed by atoms with Crippen LogP contribution in [0.5, 0.6) is 0 Å². The van der Waals surface area contributed by atoms with E-state index < -0.39 is 5.54 Å². The number of carbonyl (C=O) groups is 3. The quantitative estimate of drug-likeness (QED) is 0.729. The number of hydrogen-bond donors (Lipinski definition) is 0. The van der Waals surface area contributed by atoms with Gasteiger partial charge >= 0.3 is 6.03 Å². The largest absolute Gasteiger partial charge is 0.381 e. The lowest BCUT2D eigenvalue weighted by Crippen LogP contribution is -2.57. The van der Waals surface area contributed by atoms with Crippen LogP contribution in [-0.4, -0.2) is 71.4 Å². The predicted molar refractivity (Wildman–Crippen MR) is 107 cm³/mol. The summed E-state index contributed by atoms with van der Waals surface area (Å²) in [5.41, 5.74) is 0.165. The van der Waals surface area contributed by atoms with Crippen LogP contribution in [-0.2, 0) is 20.9 Å². The van der Waals surface area contributed by atoms with Crippen molar-refractivity contribution in [3.8, 4) is 0 Å². The number of likely N-dealkylation sites (tertiary alicyclic amines) is 1. The highest BCUT2D eigenvalue weighted by Gasteiger charge is 2.57. The molecule has 3 fully saturated rings. The Morgan fingerprint density at radius 1 is 1.10 bits per heavy atom. The van der Waals surface area contributed by atoms with Crippen LogP contribution in [0.15, 0.2) is 30.3 Å². The highest BCUT2D eigenvalue weighted by molar-refractivity contribution is 6.06. The number of amides is 4. The molecule has 4 amide bonds. The molecular weight excluding hydrogens is 370 g/mol. The van der Waals surface area contributed by atoms with E-state index in [9.17, 15) is 14.4 Å². The molecule has 4 rings (SSSR count). The third kappa shape index (κ3) is 3.75. The number of carbonyl (C=O) groups excluding carboxylic acids is 3. The molecule has 3 heterocycles. The number of nitrogens with zero attached hydrogens (tertiary/aromatic N) is 3. The molecule has 0 bridgehead atoms. The summed E-state index contributed by atoms with van der Waals surface area (Å²) < 4.78 is 5.38. The lowest BCUT2D eigenvalue weighted by atomic mass is 9.85. The summed E-state index contributed by atoms with van der Waals surface area (Å²) in [5.74, 6) is 0.406. The minimum Gasteiger partial charge on any atom is -0.381 e. The van der Waals surface area contributed by atoms with Crippen molar-refractivity contribution in [2.75, 3.05) is 33.4 Å². The minimum atomic E-state index is -0.836. The van der Waals surface area contributed by atoms with Crippen molar-refractivity contribution in [2.45, 2.75) is 44.2 Å². The van der Waals surface area contributed by atoms with Crippen molar-refractivity contribution in [1.82, 2.24) is 14.7 Å². The summed E-state index contributed by atoms with van der Waals surface area (Å²) in [5, 5.41) is 0. The molecular formula is C22H29N3O4. The van der Waals surface area contributed by atoms with Crippen molar-refractivity contribution in [3.63, 3.8) is 0 Å². The maximum Gasteiger partial charge on any atom is 0.327 e. The molecule has 1 aromatic carbocycles. The second kappa shape index (κ2) is 8.14. The Kier molecular flexibility index (Phi) is 5.58. The molecule has 0 aromatic heterocycles. The summed E-state index contributed by atoms with van der Waals surface area (Å²) in [6.45, 7) is 2.91. The van der Waals surface area contributed by atoms with E-state index in [1.54, 1.807) is 11.9 Å². The van der Waals surface area contributed by atoms with Gasteiger partial charge in [0.25, 0.3) is 5.91 Å². The number of likely N-dealkylation sites (N-methyl/N-ethyl adjacent to an activating group) is 1. The molecule has 7 nitrogen and oxygen atoms in total. The molecule has 3 aliphatic rings. The number of benzene rings is 1. The molecule has 0 N–H and O–H groups in total. The minimum absolute atomic E-state index is 0.144. The molecule has 0 atom stereocenters. The van der Waals surface area contributed by atoms with Gasteiger partial charge in [-0.25, -0.2) is 4.79 Å². The van der Waals surface area contributed by atoms with Gasteiger partial charge in [-0.05, 0) is 37.2 Å². The van der Waals surface area contributed by atoms with E-state index in [1.807, 2.05) is 35.2 Å². The van der Waals surface area contributed by atoms with Gasteiger partial charge in [-0.3, -0.25) is 14.5 Å². The van der Waals surface area contributed by atoms with Crippen LogP contribution in [0.25, 0.3) is 0 Å². The number of hydrogen-bond acceptors (Lipinski definition) is 4. The zero-order valence-electron chi connectivity index (χ0n) is 17.0. The van der Waals surface area contributed by atoms with Crippen LogP contribution in [0, 0.1) is 5.92 Å². The van der Waals surface area contributed by atoms with Gasteiger partial charge < -0.3 is 14.5 Å². The van der Waals surface area contributed by atoms with E-state index in [0.717, 1.165) is 31.6 Å². The fraction of sp³-hybridized carbons (Fsp3) is 0.591. The van der Waals surface area contributed by atoms with E-state index >= 15 is 0 Å². The van der Waals surface area contributed by atoms with Crippen molar-refractivity contribution >= 4 is 17.8 Å². The summed E-state index contributed by atoms with van der Waals surface area (Å²) >= 11 is 0. The summed E-state index contributed by atoms with van der Waals surface area (Å²) in [4.78, 5) is 43.4. The second-order valence-corrected chi connectivity index (χ2v) is 8.39. The SMILES string of the molecule is CN1C(=O)N(Cc2ccccc2)C2(CCN(C(=O)CC3CCOCC3)CC2)C1=O. The summed E-state index contributed by atoms with van der Waals surface area (Å²) in [6.07, 6.45) is 3.41. The average molecular weight is 399 g/mol. The van der Waals surface area contributed by atoms with E-state index in [4.69, 9.17) is 4.74 Å². The second-order valence-electron chi connectivity index (χ2n) is 8.39. The topological polar surface area (TPSA) is 70.2 Å². The Hall–Kier alpha value is -2.41. The molecule has 1 aromatic rings. The predicted octanol–water partition coefficient (Wildman–Crippen LogP) is 2.26. The standard InChI is InChI=1S/C22H29N3O4/c1-23-20(27)22(25(21(23)28)16-18-5-3-2-4-6-18)9-11-24(12-10-22)19(26)15-17-7-13-29-14-8-17/h2-6,17H,7-16H2,1H3. The van der Waals surface area contributed by atoms with Gasteiger partial charge in [0.1, 0.15) is 5.54 Å². The van der Waals surface area contributed by atoms with Crippen LogP contribution in [0.2, 0.25) is 0 Å². The van der Waals surface area contributed by atoms with Crippen LogP contribution in [0.1, 0.15) is 37.7 Å². The molecule has 156 valence electrons. The molecule has 3 saturated heterocycles. The smallest absolute Gasteiger partial charge is 0.327 e. The molecule has 0 aliphatic carbocycles. The maximum absolute atomic E-state index is 13.0. The van der Waals surface area contributed by atoms with E-state index in [-0.39, 0.29) is 17.8 Å². The Labute approximate surface area is 171 Å². The van der Waals surface area contributed by atoms with Crippen molar-refractivity contribution in [3.05, 3.63) is 35.9 Å². The first kappa shape index (κ1) is 19.9. The summed E-state index contributed by atoms with van der Waals surface area (Å²) in [7, 11) is 1.56. The zero-order chi connectivity index (χ0) is 20.4. The van der Waals surface area contributed by atoms with Crippen molar-refractivity contribution in [2.24, 2.45) is 5.92 Å². The average Bonchev–Trinajstić information content (AvgIpc) is 2.92. The van der Waals surface area contributed by atoms with Crippen molar-refractivity contribution in [1.29, 1.82) is 0 Å². The molecule has 0 saturated carbocycles. The van der Waals surface area contributed by atoms with Gasteiger partial charge in [0.2, 0.25) is 5.91 Å². The summed E-state index contributed by atoms with van der Waals surface area (Å²) in [6, 6.07) is 9.50. The van der Waals surface area contributed by atoms with Crippen LogP contribution < -0.4 is 0 Å². The first-order chi connectivity index (χ1) is 14.0. The first-order valence-corrected chi connectivity index (χ1v) is 10.5. The molecule has 0 radical (unpaired) electrons. The fourth-order valence-corrected chi connectivity index (χ4v) is 4.80. The number of ether oxygens (including phenoxy) is 1. The van der Waals surface area contributed by atoms with E-state index in [0.29, 0.717) is 44.8 Å². The molecule has 29 heavy (non-hydrogen) atoms. The van der Waals surface area contributed by atoms with Gasteiger partial charge in [-0.15, -0.1) is 0 Å². The normalized spacial score (nSPS) is 22.6. The van der Waals surface area contributed by atoms with Crippen LogP contribution >= 0.6 is 0 Å². The van der Waals surface area contributed by atoms with Gasteiger partial charge in [0.05, 0.1) is 0 Å². The Balaban J connectivity index is 1.44. The lowest BCUT2D eigenvalue weighted by Gasteiger charge is -2.42. The monoisotopic (exact) mass is 399 g/mol. The molecule has 0 unspecified atom stereocenters. The molecule has 3 aliphatic heterocycles. The van der Waals surface area contributed by atoms with Gasteiger partial charge in [0, 0.05) is 46.3 Å². The van der Waals surface area contributed by atoms with Crippen LogP contribution in [0.3, 0.4) is 0 Å². The van der Waals surface area contributed by atoms with E-state index in [1.165, 1.54) is 4.90 Å². The number of urea groups is 1. The third-order valence-corrected chi connectivity index (χ3v) is 6.67. The lowest BCUT2D eigenvalue weighted by molar-refractivity contribution is -0.141. The highest BCUT2D eigenvalue weighted by atomic mass is 16.5. The number of rotatable bonds is 4. The van der Waals surface area contributed by atoms with Gasteiger partial charge in [-0.2, -0.15) is 0 Å². The van der Waals surface area contributed by atoms with Gasteiger partial charge in [-0.1, -0.05) is 30.3 Å².